The van der Waals surface area contributed by atoms with Gasteiger partial charge in [0.2, 0.25) is 0 Å². The smallest absolute Gasteiger partial charge is 0.418 e. The molecule has 0 aliphatic rings. The van der Waals surface area contributed by atoms with Gasteiger partial charge in [0.05, 0.1) is 35.5 Å². The first kappa shape index (κ1) is 25.5. The largest absolute Gasteiger partial charge is 0.465 e. The van der Waals surface area contributed by atoms with E-state index in [0.717, 1.165) is 37.6 Å². The number of pyridine rings is 1. The number of carbonyl (C=O) groups excluding carboxylic acids is 2. The Morgan fingerprint density at radius 3 is 2.20 bits per heavy atom. The van der Waals surface area contributed by atoms with Gasteiger partial charge in [0.1, 0.15) is 0 Å². The van der Waals surface area contributed by atoms with Gasteiger partial charge in [-0.3, -0.25) is 4.98 Å². The molecule has 1 heterocycles. The Labute approximate surface area is 194 Å². The van der Waals surface area contributed by atoms with E-state index in [9.17, 15) is 35.9 Å². The zero-order chi connectivity index (χ0) is 25.8. The Kier molecular flexibility index (Phi) is 7.32. The van der Waals surface area contributed by atoms with Crippen molar-refractivity contribution >= 4 is 17.7 Å². The fraction of sp³-hybridized carbons (Fsp3) is 0.174. The van der Waals surface area contributed by atoms with Gasteiger partial charge in [-0.15, -0.1) is 0 Å². The average molecular weight is 497 g/mol. The van der Waals surface area contributed by atoms with Crippen molar-refractivity contribution in [3.63, 3.8) is 0 Å². The van der Waals surface area contributed by atoms with E-state index in [1.54, 1.807) is 0 Å². The Bertz CT molecular complexity index is 1210. The van der Waals surface area contributed by atoms with Crippen LogP contribution in [-0.4, -0.2) is 24.1 Å². The van der Waals surface area contributed by atoms with E-state index in [1.807, 2.05) is 0 Å². The normalized spacial score (nSPS) is 12.5. The van der Waals surface area contributed by atoms with E-state index in [0.29, 0.717) is 12.1 Å². The Morgan fingerprint density at radius 2 is 1.60 bits per heavy atom. The highest BCUT2D eigenvalue weighted by Gasteiger charge is 2.37. The summed E-state index contributed by atoms with van der Waals surface area (Å²) < 4.78 is 84.3. The molecular formula is C23H17F6N3O3. The second-order valence-corrected chi connectivity index (χ2v) is 7.16. The molecular weight excluding hydrogens is 480 g/mol. The maximum absolute atomic E-state index is 13.6. The van der Waals surface area contributed by atoms with E-state index in [1.165, 1.54) is 24.3 Å². The number of nitrogens with zero attached hydrogens (tertiary/aromatic N) is 1. The molecule has 0 spiro atoms. The third-order valence-electron chi connectivity index (χ3n) is 4.81. The van der Waals surface area contributed by atoms with Crippen molar-refractivity contribution in [2.45, 2.75) is 18.4 Å². The molecule has 0 radical (unpaired) electrons. The minimum Gasteiger partial charge on any atom is -0.465 e. The van der Waals surface area contributed by atoms with Gasteiger partial charge in [-0.1, -0.05) is 18.2 Å². The van der Waals surface area contributed by atoms with Crippen molar-refractivity contribution in [3.8, 4) is 0 Å². The number of halogens is 6. The lowest BCUT2D eigenvalue weighted by atomic mass is 9.98. The Morgan fingerprint density at radius 1 is 0.914 bits per heavy atom. The predicted octanol–water partition coefficient (Wildman–Crippen LogP) is 5.82. The maximum Gasteiger partial charge on any atom is 0.418 e. The number of alkyl halides is 6. The van der Waals surface area contributed by atoms with Gasteiger partial charge in [-0.05, 0) is 48.0 Å². The first-order valence-corrected chi connectivity index (χ1v) is 9.85. The standard InChI is InChI=1S/C23H17F6N3O3/c1-35-20(33)14-4-2-5-16(12-14)31-21(34)32-18(13-7-9-15(10-8-13)22(24,25)26)19-17(23(27,28)29)6-3-11-30-19/h2-12,18H,1H3,(H2,31,32,34). The van der Waals surface area contributed by atoms with Crippen LogP contribution in [0.1, 0.15) is 38.8 Å². The van der Waals surface area contributed by atoms with Gasteiger partial charge >= 0.3 is 24.4 Å². The molecule has 0 bridgehead atoms. The second kappa shape index (κ2) is 10.0. The number of amides is 2. The summed E-state index contributed by atoms with van der Waals surface area (Å²) in [5.41, 5.74) is -2.64. The zero-order valence-corrected chi connectivity index (χ0v) is 17.9. The number of carbonyl (C=O) groups is 2. The number of hydrogen-bond acceptors (Lipinski definition) is 4. The van der Waals surface area contributed by atoms with Gasteiger partial charge in [-0.2, -0.15) is 26.3 Å². The topological polar surface area (TPSA) is 80.3 Å². The van der Waals surface area contributed by atoms with Crippen molar-refractivity contribution in [3.05, 3.63) is 94.8 Å². The van der Waals surface area contributed by atoms with Crippen molar-refractivity contribution in [2.75, 3.05) is 12.4 Å². The lowest BCUT2D eigenvalue weighted by molar-refractivity contribution is -0.139. The summed E-state index contributed by atoms with van der Waals surface area (Å²) in [6.07, 6.45) is -8.44. The van der Waals surface area contributed by atoms with Crippen LogP contribution in [0.25, 0.3) is 0 Å². The maximum atomic E-state index is 13.6. The summed E-state index contributed by atoms with van der Waals surface area (Å²) in [6, 6.07) is 8.11. The molecule has 6 nitrogen and oxygen atoms in total. The number of benzene rings is 2. The molecule has 0 aliphatic heterocycles. The summed E-state index contributed by atoms with van der Waals surface area (Å²) in [5.74, 6) is -0.681. The fourth-order valence-corrected chi connectivity index (χ4v) is 3.20. The van der Waals surface area contributed by atoms with Crippen LogP contribution in [0.4, 0.5) is 36.8 Å². The van der Waals surface area contributed by atoms with Gasteiger partial charge in [0.25, 0.3) is 0 Å². The third kappa shape index (κ3) is 6.28. The fourth-order valence-electron chi connectivity index (χ4n) is 3.20. The summed E-state index contributed by atoms with van der Waals surface area (Å²) in [7, 11) is 1.16. The molecule has 3 rings (SSSR count). The predicted molar refractivity (Wildman–Crippen MR) is 112 cm³/mol. The second-order valence-electron chi connectivity index (χ2n) is 7.16. The van der Waals surface area contributed by atoms with E-state index in [4.69, 9.17) is 0 Å². The van der Waals surface area contributed by atoms with Crippen LogP contribution in [0.3, 0.4) is 0 Å². The Balaban J connectivity index is 1.97. The number of nitrogens with one attached hydrogen (secondary N) is 2. The van der Waals surface area contributed by atoms with E-state index < -0.39 is 47.2 Å². The highest BCUT2D eigenvalue weighted by atomic mass is 19.4. The molecule has 1 aromatic heterocycles. The van der Waals surface area contributed by atoms with Gasteiger partial charge in [0, 0.05) is 11.9 Å². The van der Waals surface area contributed by atoms with E-state index in [-0.39, 0.29) is 16.8 Å². The minimum absolute atomic E-state index is 0.0688. The van der Waals surface area contributed by atoms with E-state index in [2.05, 4.69) is 20.4 Å². The molecule has 0 fully saturated rings. The molecule has 12 heteroatoms. The summed E-state index contributed by atoms with van der Waals surface area (Å²) >= 11 is 0. The first-order chi connectivity index (χ1) is 16.4. The van der Waals surface area contributed by atoms with Crippen LogP contribution in [0, 0.1) is 0 Å². The molecule has 3 aromatic rings. The van der Waals surface area contributed by atoms with Crippen molar-refractivity contribution in [1.29, 1.82) is 0 Å². The van der Waals surface area contributed by atoms with Crippen LogP contribution >= 0.6 is 0 Å². The summed E-state index contributed by atoms with van der Waals surface area (Å²) in [6.45, 7) is 0. The number of urea groups is 1. The SMILES string of the molecule is COC(=O)c1cccc(NC(=O)NC(c2ccc(C(F)(F)F)cc2)c2ncccc2C(F)(F)F)c1. The monoisotopic (exact) mass is 497 g/mol. The molecule has 35 heavy (non-hydrogen) atoms. The van der Waals surface area contributed by atoms with Crippen LogP contribution < -0.4 is 10.6 Å². The molecule has 0 aliphatic carbocycles. The number of anilines is 1. The van der Waals surface area contributed by atoms with Gasteiger partial charge in [-0.25, -0.2) is 9.59 Å². The number of rotatable bonds is 5. The van der Waals surface area contributed by atoms with Crippen LogP contribution in [0.2, 0.25) is 0 Å². The first-order valence-electron chi connectivity index (χ1n) is 9.85. The van der Waals surface area contributed by atoms with Crippen molar-refractivity contribution < 1.29 is 40.7 Å². The summed E-state index contributed by atoms with van der Waals surface area (Å²) in [4.78, 5) is 28.1. The number of ether oxygens (including phenoxy) is 1. The van der Waals surface area contributed by atoms with Crippen LogP contribution in [-0.2, 0) is 17.1 Å². The molecule has 184 valence electrons. The van der Waals surface area contributed by atoms with Crippen LogP contribution in [0.15, 0.2) is 66.9 Å². The van der Waals surface area contributed by atoms with Crippen molar-refractivity contribution in [1.82, 2.24) is 10.3 Å². The van der Waals surface area contributed by atoms with Gasteiger partial charge in [0.15, 0.2) is 0 Å². The zero-order valence-electron chi connectivity index (χ0n) is 17.9. The number of hydrogen-bond donors (Lipinski definition) is 2. The molecule has 0 saturated heterocycles. The molecule has 1 unspecified atom stereocenters. The molecule has 0 saturated carbocycles. The lowest BCUT2D eigenvalue weighted by Crippen LogP contribution is -2.35. The van der Waals surface area contributed by atoms with Gasteiger partial charge < -0.3 is 15.4 Å². The molecule has 1 atom stereocenters. The number of methoxy groups -OCH3 is 1. The molecule has 2 N–H and O–H groups in total. The van der Waals surface area contributed by atoms with Crippen molar-refractivity contribution in [2.24, 2.45) is 0 Å². The third-order valence-corrected chi connectivity index (χ3v) is 4.81. The molecule has 2 aromatic carbocycles. The average Bonchev–Trinajstić information content (AvgIpc) is 2.81. The highest BCUT2D eigenvalue weighted by molar-refractivity contribution is 5.94. The quantitative estimate of drug-likeness (QED) is 0.344. The molecule has 2 amide bonds. The number of aromatic nitrogens is 1. The number of esters is 1. The Hall–Kier alpha value is -4.09. The lowest BCUT2D eigenvalue weighted by Gasteiger charge is -2.23. The minimum atomic E-state index is -4.85. The van der Waals surface area contributed by atoms with E-state index >= 15 is 0 Å². The van der Waals surface area contributed by atoms with Crippen LogP contribution in [0.5, 0.6) is 0 Å². The highest BCUT2D eigenvalue weighted by Crippen LogP contribution is 2.36. The summed E-state index contributed by atoms with van der Waals surface area (Å²) in [5, 5.41) is 4.70.